The third kappa shape index (κ3) is 1.64. The molecule has 0 bridgehead atoms. The van der Waals surface area contributed by atoms with Gasteiger partial charge in [-0.05, 0) is 24.8 Å². The molecular formula is C14H18N2O4. The number of carboxylic acid groups (broad SMARTS) is 1. The molecule has 6 nitrogen and oxygen atoms in total. The van der Waals surface area contributed by atoms with Gasteiger partial charge in [0.25, 0.3) is 0 Å². The maximum absolute atomic E-state index is 11.7. The molecule has 1 aromatic carbocycles. The number of carboxylic acids is 1. The van der Waals surface area contributed by atoms with Crippen molar-refractivity contribution in [3.05, 3.63) is 17.2 Å². The van der Waals surface area contributed by atoms with E-state index in [1.807, 2.05) is 11.9 Å². The van der Waals surface area contributed by atoms with E-state index in [1.165, 1.54) is 0 Å². The summed E-state index contributed by atoms with van der Waals surface area (Å²) in [5, 5.41) is 19.8. The number of ether oxygens (including phenoxy) is 1. The summed E-state index contributed by atoms with van der Waals surface area (Å²) >= 11 is 0. The number of phenolic OH excluding ortho intramolecular Hbond substituents is 1. The Morgan fingerprint density at radius 1 is 1.55 bits per heavy atom. The third-order valence-corrected chi connectivity index (χ3v) is 4.24. The summed E-state index contributed by atoms with van der Waals surface area (Å²) < 4.78 is 5.57. The summed E-state index contributed by atoms with van der Waals surface area (Å²) in [7, 11) is 1.91. The second-order valence-electron chi connectivity index (χ2n) is 5.50. The molecule has 2 aliphatic rings. The average Bonchev–Trinajstić information content (AvgIpc) is 2.65. The van der Waals surface area contributed by atoms with Crippen LogP contribution in [0.25, 0.3) is 0 Å². The number of benzene rings is 1. The highest BCUT2D eigenvalue weighted by Gasteiger charge is 2.44. The molecule has 0 aromatic heterocycles. The molecule has 20 heavy (non-hydrogen) atoms. The van der Waals surface area contributed by atoms with Crippen molar-refractivity contribution in [1.29, 1.82) is 0 Å². The lowest BCUT2D eigenvalue weighted by atomic mass is 9.82. The maximum Gasteiger partial charge on any atom is 0.328 e. The number of nitrogens with zero attached hydrogens (tertiary/aromatic N) is 1. The molecule has 4 N–H and O–H groups in total. The summed E-state index contributed by atoms with van der Waals surface area (Å²) in [6.45, 7) is 1.14. The summed E-state index contributed by atoms with van der Waals surface area (Å²) in [6.07, 6.45) is 1.56. The minimum Gasteiger partial charge on any atom is -0.504 e. The molecule has 6 heteroatoms. The van der Waals surface area contributed by atoms with E-state index in [9.17, 15) is 15.0 Å². The largest absolute Gasteiger partial charge is 0.504 e. The topological polar surface area (TPSA) is 96.0 Å². The van der Waals surface area contributed by atoms with Crippen molar-refractivity contribution in [3.8, 4) is 11.5 Å². The summed E-state index contributed by atoms with van der Waals surface area (Å²) in [5.41, 5.74) is 6.86. The van der Waals surface area contributed by atoms with E-state index >= 15 is 0 Å². The standard InChI is InChI=1S/C14H18N2O4/c1-16-5-3-8-9(16)7-10(17)12-11(8)14(15,13(18)19)4-2-6-20-12/h7,17H,2-6,15H2,1H3,(H,18,19). The van der Waals surface area contributed by atoms with Gasteiger partial charge in [0, 0.05) is 30.9 Å². The molecule has 0 spiro atoms. The lowest BCUT2D eigenvalue weighted by Gasteiger charge is -2.27. The van der Waals surface area contributed by atoms with Gasteiger partial charge in [-0.25, -0.2) is 4.79 Å². The van der Waals surface area contributed by atoms with Gasteiger partial charge in [-0.1, -0.05) is 0 Å². The number of anilines is 1. The highest BCUT2D eigenvalue weighted by atomic mass is 16.5. The number of nitrogens with two attached hydrogens (primary N) is 1. The Balaban J connectivity index is 2.32. The van der Waals surface area contributed by atoms with E-state index in [0.29, 0.717) is 31.4 Å². The van der Waals surface area contributed by atoms with Gasteiger partial charge >= 0.3 is 5.97 Å². The van der Waals surface area contributed by atoms with Gasteiger partial charge in [0.05, 0.1) is 6.61 Å². The molecule has 0 saturated carbocycles. The molecule has 0 fully saturated rings. The van der Waals surface area contributed by atoms with Gasteiger partial charge in [-0.3, -0.25) is 0 Å². The number of aromatic hydroxyl groups is 1. The molecule has 1 aromatic rings. The normalized spacial score (nSPS) is 24.6. The Bertz CT molecular complexity index is 587. The Morgan fingerprint density at radius 3 is 3.00 bits per heavy atom. The van der Waals surface area contributed by atoms with E-state index in [4.69, 9.17) is 10.5 Å². The first kappa shape index (κ1) is 13.1. The molecule has 108 valence electrons. The van der Waals surface area contributed by atoms with Crippen LogP contribution in [0.4, 0.5) is 5.69 Å². The smallest absolute Gasteiger partial charge is 0.328 e. The Hall–Kier alpha value is -1.95. The zero-order chi connectivity index (χ0) is 14.5. The number of likely N-dealkylation sites (N-methyl/N-ethyl adjacent to an activating group) is 1. The zero-order valence-corrected chi connectivity index (χ0v) is 11.3. The van der Waals surface area contributed by atoms with Crippen molar-refractivity contribution in [2.24, 2.45) is 5.73 Å². The molecule has 0 radical (unpaired) electrons. The third-order valence-electron chi connectivity index (χ3n) is 4.24. The summed E-state index contributed by atoms with van der Waals surface area (Å²) in [5.74, 6) is -0.876. The fourth-order valence-corrected chi connectivity index (χ4v) is 3.15. The quantitative estimate of drug-likeness (QED) is 0.703. The number of hydrogen-bond donors (Lipinski definition) is 3. The van der Waals surface area contributed by atoms with Crippen LogP contribution < -0.4 is 15.4 Å². The summed E-state index contributed by atoms with van der Waals surface area (Å²) in [4.78, 5) is 13.7. The Kier molecular flexibility index (Phi) is 2.79. The predicted molar refractivity (Wildman–Crippen MR) is 73.3 cm³/mol. The lowest BCUT2D eigenvalue weighted by molar-refractivity contribution is -0.144. The van der Waals surface area contributed by atoms with Crippen LogP contribution in [0.5, 0.6) is 11.5 Å². The first-order chi connectivity index (χ1) is 9.45. The monoisotopic (exact) mass is 278 g/mol. The molecule has 0 saturated heterocycles. The van der Waals surface area contributed by atoms with E-state index < -0.39 is 11.5 Å². The highest BCUT2D eigenvalue weighted by Crippen LogP contribution is 2.48. The number of aliphatic carboxylic acids is 1. The van der Waals surface area contributed by atoms with Gasteiger partial charge in [0.1, 0.15) is 5.54 Å². The van der Waals surface area contributed by atoms with Crippen LogP contribution in [0.1, 0.15) is 24.0 Å². The first-order valence-corrected chi connectivity index (χ1v) is 6.70. The Labute approximate surface area is 116 Å². The van der Waals surface area contributed by atoms with E-state index in [2.05, 4.69) is 0 Å². The molecule has 1 unspecified atom stereocenters. The van der Waals surface area contributed by atoms with Crippen LogP contribution in [0.15, 0.2) is 6.07 Å². The van der Waals surface area contributed by atoms with Gasteiger partial charge in [-0.15, -0.1) is 0 Å². The molecule has 0 amide bonds. The van der Waals surface area contributed by atoms with Crippen LogP contribution in [0, 0.1) is 0 Å². The minimum absolute atomic E-state index is 0.0366. The van der Waals surface area contributed by atoms with Crippen molar-refractivity contribution in [1.82, 2.24) is 0 Å². The number of carbonyl (C=O) groups is 1. The number of rotatable bonds is 1. The van der Waals surface area contributed by atoms with Crippen LogP contribution in [0.2, 0.25) is 0 Å². The summed E-state index contributed by atoms with van der Waals surface area (Å²) in [6, 6.07) is 1.63. The van der Waals surface area contributed by atoms with Gasteiger partial charge < -0.3 is 25.6 Å². The van der Waals surface area contributed by atoms with Crippen molar-refractivity contribution in [3.63, 3.8) is 0 Å². The fraction of sp³-hybridized carbons (Fsp3) is 0.500. The van der Waals surface area contributed by atoms with Gasteiger partial charge in [-0.2, -0.15) is 0 Å². The highest BCUT2D eigenvalue weighted by molar-refractivity contribution is 5.85. The van der Waals surface area contributed by atoms with Crippen LogP contribution in [-0.4, -0.2) is 36.4 Å². The van der Waals surface area contributed by atoms with Crippen LogP contribution in [0.3, 0.4) is 0 Å². The van der Waals surface area contributed by atoms with Crippen molar-refractivity contribution in [2.45, 2.75) is 24.8 Å². The zero-order valence-electron chi connectivity index (χ0n) is 11.3. The second kappa shape index (κ2) is 4.28. The van der Waals surface area contributed by atoms with Crippen LogP contribution >= 0.6 is 0 Å². The predicted octanol–water partition coefficient (Wildman–Crippen LogP) is 0.796. The van der Waals surface area contributed by atoms with Crippen molar-refractivity contribution >= 4 is 11.7 Å². The number of hydrogen-bond acceptors (Lipinski definition) is 5. The SMILES string of the molecule is CN1CCc2c1cc(O)c1c2C(N)(C(=O)O)CCCO1. The maximum atomic E-state index is 11.7. The molecule has 3 rings (SSSR count). The first-order valence-electron chi connectivity index (χ1n) is 6.70. The van der Waals surface area contributed by atoms with E-state index in [-0.39, 0.29) is 11.5 Å². The molecule has 0 aliphatic carbocycles. The van der Waals surface area contributed by atoms with Crippen molar-refractivity contribution in [2.75, 3.05) is 25.1 Å². The Morgan fingerprint density at radius 2 is 2.30 bits per heavy atom. The van der Waals surface area contributed by atoms with E-state index in [0.717, 1.165) is 17.8 Å². The lowest BCUT2D eigenvalue weighted by Crippen LogP contribution is -2.45. The van der Waals surface area contributed by atoms with Crippen LogP contribution in [-0.2, 0) is 16.8 Å². The van der Waals surface area contributed by atoms with Gasteiger partial charge in [0.15, 0.2) is 11.5 Å². The number of fused-ring (bicyclic) bond motifs is 3. The van der Waals surface area contributed by atoms with Gasteiger partial charge in [0.2, 0.25) is 0 Å². The van der Waals surface area contributed by atoms with Crippen molar-refractivity contribution < 1.29 is 19.7 Å². The molecule has 1 atom stereocenters. The minimum atomic E-state index is -1.50. The van der Waals surface area contributed by atoms with E-state index in [1.54, 1.807) is 6.07 Å². The fourth-order valence-electron chi connectivity index (χ4n) is 3.15. The number of phenols is 1. The molecule has 2 aliphatic heterocycles. The second-order valence-corrected chi connectivity index (χ2v) is 5.50. The molecular weight excluding hydrogens is 260 g/mol. The molecule has 2 heterocycles. The average molecular weight is 278 g/mol.